The average Bonchev–Trinajstić information content (AvgIpc) is 2.40. The minimum atomic E-state index is 0.794. The number of rotatable bonds is 8. The Morgan fingerprint density at radius 3 is 2.00 bits per heavy atom. The molecule has 19 heavy (non-hydrogen) atoms. The summed E-state index contributed by atoms with van der Waals surface area (Å²) in [6.45, 7) is 8.23. The Hall–Kier alpha value is -0.0400. The van der Waals surface area contributed by atoms with Gasteiger partial charge in [-0.3, -0.25) is 0 Å². The third-order valence-corrected chi connectivity index (χ3v) is 5.12. The van der Waals surface area contributed by atoms with Gasteiger partial charge in [-0.1, -0.05) is 65.7 Å². The lowest BCUT2D eigenvalue weighted by atomic mass is 9.81. The molecule has 1 aliphatic rings. The highest BCUT2D eigenvalue weighted by Crippen LogP contribution is 2.29. The molecule has 1 N–H and O–H groups in total. The molecule has 1 saturated carbocycles. The second-order valence-electron chi connectivity index (χ2n) is 6.58. The highest BCUT2D eigenvalue weighted by atomic mass is 14.9. The van der Waals surface area contributed by atoms with Crippen LogP contribution in [0.4, 0.5) is 0 Å². The molecule has 1 aliphatic carbocycles. The van der Waals surface area contributed by atoms with Gasteiger partial charge in [-0.15, -0.1) is 0 Å². The molecule has 1 rings (SSSR count). The first-order valence-electron chi connectivity index (χ1n) is 9.05. The first-order chi connectivity index (χ1) is 9.31. The molecular weight excluding hydrogens is 230 g/mol. The third-order valence-electron chi connectivity index (χ3n) is 5.12. The van der Waals surface area contributed by atoms with Crippen LogP contribution in [0.15, 0.2) is 0 Å². The van der Waals surface area contributed by atoms with Crippen LogP contribution in [-0.2, 0) is 0 Å². The Morgan fingerprint density at radius 2 is 1.47 bits per heavy atom. The standard InChI is InChI=1S/C18H37N/c1-4-14-19-18(15-16(5-2)6-3)17-12-10-8-7-9-11-13-17/h16-19H,4-15H2,1-3H3. The summed E-state index contributed by atoms with van der Waals surface area (Å²) in [5.41, 5.74) is 0. The fraction of sp³-hybridized carbons (Fsp3) is 1.00. The summed E-state index contributed by atoms with van der Waals surface area (Å²) >= 11 is 0. The van der Waals surface area contributed by atoms with E-state index < -0.39 is 0 Å². The van der Waals surface area contributed by atoms with E-state index in [1.807, 2.05) is 0 Å². The molecule has 0 radical (unpaired) electrons. The summed E-state index contributed by atoms with van der Waals surface area (Å²) < 4.78 is 0. The van der Waals surface area contributed by atoms with E-state index in [9.17, 15) is 0 Å². The minimum Gasteiger partial charge on any atom is -0.314 e. The van der Waals surface area contributed by atoms with Gasteiger partial charge in [0.05, 0.1) is 0 Å². The fourth-order valence-electron chi connectivity index (χ4n) is 3.64. The molecule has 0 bridgehead atoms. The van der Waals surface area contributed by atoms with Crippen LogP contribution in [0.3, 0.4) is 0 Å². The van der Waals surface area contributed by atoms with Gasteiger partial charge in [0.25, 0.3) is 0 Å². The maximum Gasteiger partial charge on any atom is 0.00979 e. The lowest BCUT2D eigenvalue weighted by molar-refractivity contribution is 0.241. The molecule has 1 nitrogen and oxygen atoms in total. The SMILES string of the molecule is CCCNC(CC(CC)CC)C1CCCCCCC1. The van der Waals surface area contributed by atoms with Crippen LogP contribution in [0.2, 0.25) is 0 Å². The zero-order valence-electron chi connectivity index (χ0n) is 13.7. The molecule has 0 aromatic heterocycles. The van der Waals surface area contributed by atoms with E-state index in [0.717, 1.165) is 17.9 Å². The monoisotopic (exact) mass is 267 g/mol. The van der Waals surface area contributed by atoms with Crippen LogP contribution in [0.1, 0.15) is 91.4 Å². The highest BCUT2D eigenvalue weighted by Gasteiger charge is 2.23. The molecule has 0 amide bonds. The van der Waals surface area contributed by atoms with Gasteiger partial charge in [-0.2, -0.15) is 0 Å². The average molecular weight is 268 g/mol. The molecule has 1 unspecified atom stereocenters. The van der Waals surface area contributed by atoms with E-state index in [4.69, 9.17) is 0 Å². The fourth-order valence-corrected chi connectivity index (χ4v) is 3.64. The highest BCUT2D eigenvalue weighted by molar-refractivity contribution is 4.80. The summed E-state index contributed by atoms with van der Waals surface area (Å²) in [7, 11) is 0. The Bertz CT molecular complexity index is 190. The van der Waals surface area contributed by atoms with Gasteiger partial charge in [-0.25, -0.2) is 0 Å². The van der Waals surface area contributed by atoms with Gasteiger partial charge in [0, 0.05) is 6.04 Å². The van der Waals surface area contributed by atoms with Crippen molar-refractivity contribution >= 4 is 0 Å². The Balaban J connectivity index is 2.53. The van der Waals surface area contributed by atoms with Crippen molar-refractivity contribution in [1.82, 2.24) is 5.32 Å². The van der Waals surface area contributed by atoms with Crippen molar-refractivity contribution in [2.75, 3.05) is 6.54 Å². The molecule has 1 heteroatoms. The van der Waals surface area contributed by atoms with Crippen molar-refractivity contribution in [3.05, 3.63) is 0 Å². The van der Waals surface area contributed by atoms with Crippen LogP contribution < -0.4 is 5.32 Å². The summed E-state index contributed by atoms with van der Waals surface area (Å²) in [5.74, 6) is 1.88. The second-order valence-corrected chi connectivity index (χ2v) is 6.58. The third kappa shape index (κ3) is 6.79. The number of hydrogen-bond acceptors (Lipinski definition) is 1. The van der Waals surface area contributed by atoms with Crippen molar-refractivity contribution in [1.29, 1.82) is 0 Å². The van der Waals surface area contributed by atoms with Crippen molar-refractivity contribution in [3.63, 3.8) is 0 Å². The van der Waals surface area contributed by atoms with E-state index in [1.54, 1.807) is 0 Å². The van der Waals surface area contributed by atoms with Gasteiger partial charge in [0.15, 0.2) is 0 Å². The lowest BCUT2D eigenvalue weighted by Gasteiger charge is -2.32. The molecule has 1 atom stereocenters. The van der Waals surface area contributed by atoms with Gasteiger partial charge < -0.3 is 5.32 Å². The van der Waals surface area contributed by atoms with Crippen LogP contribution in [-0.4, -0.2) is 12.6 Å². The predicted molar refractivity (Wildman–Crippen MR) is 86.6 cm³/mol. The van der Waals surface area contributed by atoms with Gasteiger partial charge in [0.2, 0.25) is 0 Å². The lowest BCUT2D eigenvalue weighted by Crippen LogP contribution is -2.38. The largest absolute Gasteiger partial charge is 0.314 e. The molecule has 0 spiro atoms. The van der Waals surface area contributed by atoms with Gasteiger partial charge in [-0.05, 0) is 44.1 Å². The normalized spacial score (nSPS) is 20.2. The van der Waals surface area contributed by atoms with Gasteiger partial charge in [0.1, 0.15) is 0 Å². The minimum absolute atomic E-state index is 0.794. The van der Waals surface area contributed by atoms with E-state index >= 15 is 0 Å². The predicted octanol–water partition coefficient (Wildman–Crippen LogP) is 5.54. The summed E-state index contributed by atoms with van der Waals surface area (Å²) in [6.07, 6.45) is 15.7. The van der Waals surface area contributed by atoms with E-state index in [0.29, 0.717) is 0 Å². The van der Waals surface area contributed by atoms with E-state index in [-0.39, 0.29) is 0 Å². The molecule has 0 aliphatic heterocycles. The first-order valence-corrected chi connectivity index (χ1v) is 9.05. The summed E-state index contributed by atoms with van der Waals surface area (Å²) in [6, 6.07) is 0.794. The molecule has 0 aromatic carbocycles. The molecule has 0 aromatic rings. The zero-order valence-corrected chi connectivity index (χ0v) is 13.7. The maximum atomic E-state index is 3.89. The quantitative estimate of drug-likeness (QED) is 0.608. The van der Waals surface area contributed by atoms with Crippen LogP contribution >= 0.6 is 0 Å². The molecule has 0 saturated heterocycles. The second kappa shape index (κ2) is 10.7. The van der Waals surface area contributed by atoms with Crippen LogP contribution in [0.25, 0.3) is 0 Å². The van der Waals surface area contributed by atoms with Crippen molar-refractivity contribution < 1.29 is 0 Å². The number of nitrogens with one attached hydrogen (secondary N) is 1. The van der Waals surface area contributed by atoms with E-state index in [2.05, 4.69) is 26.1 Å². The Labute approximate surface area is 121 Å². The summed E-state index contributed by atoms with van der Waals surface area (Å²) in [4.78, 5) is 0. The van der Waals surface area contributed by atoms with Crippen LogP contribution in [0, 0.1) is 11.8 Å². The molecule has 114 valence electrons. The van der Waals surface area contributed by atoms with Gasteiger partial charge >= 0.3 is 0 Å². The molecule has 1 fully saturated rings. The van der Waals surface area contributed by atoms with Crippen molar-refractivity contribution in [2.24, 2.45) is 11.8 Å². The zero-order chi connectivity index (χ0) is 13.9. The van der Waals surface area contributed by atoms with Crippen LogP contribution in [0.5, 0.6) is 0 Å². The molecule has 0 heterocycles. The topological polar surface area (TPSA) is 12.0 Å². The maximum absolute atomic E-state index is 3.89. The van der Waals surface area contributed by atoms with Crippen molar-refractivity contribution in [2.45, 2.75) is 97.4 Å². The first kappa shape index (κ1) is 17.0. The summed E-state index contributed by atoms with van der Waals surface area (Å²) in [5, 5.41) is 3.89. The van der Waals surface area contributed by atoms with Crippen molar-refractivity contribution in [3.8, 4) is 0 Å². The smallest absolute Gasteiger partial charge is 0.00979 e. The van der Waals surface area contributed by atoms with E-state index in [1.165, 1.54) is 77.2 Å². The Morgan fingerprint density at radius 1 is 0.895 bits per heavy atom. The Kier molecular flexibility index (Phi) is 9.59. The molecular formula is C18H37N. The number of hydrogen-bond donors (Lipinski definition) is 1.